The van der Waals surface area contributed by atoms with Gasteiger partial charge < -0.3 is 5.32 Å². The number of benzene rings is 2. The van der Waals surface area contributed by atoms with Gasteiger partial charge >= 0.3 is 0 Å². The number of carbonyl (C=O) groups excluding carboxylic acids is 1. The fourth-order valence-electron chi connectivity index (χ4n) is 3.45. The first kappa shape index (κ1) is 18.1. The van der Waals surface area contributed by atoms with Crippen LogP contribution < -0.4 is 5.32 Å². The van der Waals surface area contributed by atoms with Gasteiger partial charge in [0.2, 0.25) is 5.91 Å². The number of anilines is 1. The van der Waals surface area contributed by atoms with E-state index in [2.05, 4.69) is 44.4 Å². The first-order chi connectivity index (χ1) is 13.2. The quantitative estimate of drug-likeness (QED) is 0.737. The lowest BCUT2D eigenvalue weighted by atomic mass is 10.2. The summed E-state index contributed by atoms with van der Waals surface area (Å²) in [6, 6.07) is 16.7. The Hall–Kier alpha value is -2.28. The van der Waals surface area contributed by atoms with Crippen molar-refractivity contribution in [3.05, 3.63) is 59.7 Å². The number of aryl methyl sites for hydroxylation is 1. The molecular weight excluding hydrogens is 356 g/mol. The van der Waals surface area contributed by atoms with E-state index in [1.165, 1.54) is 16.9 Å². The highest BCUT2D eigenvalue weighted by atomic mass is 32.1. The van der Waals surface area contributed by atoms with Crippen LogP contribution in [0.2, 0.25) is 0 Å². The van der Waals surface area contributed by atoms with Crippen molar-refractivity contribution < 1.29 is 4.79 Å². The molecule has 0 atom stereocenters. The summed E-state index contributed by atoms with van der Waals surface area (Å²) in [4.78, 5) is 21.6. The van der Waals surface area contributed by atoms with Gasteiger partial charge in [-0.3, -0.25) is 14.6 Å². The van der Waals surface area contributed by atoms with Crippen LogP contribution in [0.4, 0.5) is 5.13 Å². The molecule has 1 amide bonds. The summed E-state index contributed by atoms with van der Waals surface area (Å²) in [5.41, 5.74) is 3.46. The molecule has 0 unspecified atom stereocenters. The van der Waals surface area contributed by atoms with Gasteiger partial charge in [0.25, 0.3) is 0 Å². The van der Waals surface area contributed by atoms with Crippen molar-refractivity contribution in [2.75, 3.05) is 38.0 Å². The van der Waals surface area contributed by atoms with Gasteiger partial charge in [0.1, 0.15) is 0 Å². The van der Waals surface area contributed by atoms with E-state index >= 15 is 0 Å². The zero-order valence-corrected chi connectivity index (χ0v) is 16.3. The average molecular weight is 381 g/mol. The number of hydrogen-bond donors (Lipinski definition) is 1. The third kappa shape index (κ3) is 4.53. The second-order valence-corrected chi connectivity index (χ2v) is 8.06. The molecule has 5 nitrogen and oxygen atoms in total. The lowest BCUT2D eigenvalue weighted by Gasteiger charge is -2.34. The molecule has 140 valence electrons. The SMILES string of the molecule is Cc1cccc2sc(NC(=O)CN3CCN(Cc4ccccc4)CC3)nc12. The van der Waals surface area contributed by atoms with Gasteiger partial charge in [-0.05, 0) is 24.1 Å². The molecule has 0 bridgehead atoms. The molecule has 0 spiro atoms. The lowest BCUT2D eigenvalue weighted by molar-refractivity contribution is -0.117. The zero-order valence-electron chi connectivity index (χ0n) is 15.5. The molecular formula is C21H24N4OS. The van der Waals surface area contributed by atoms with Crippen LogP contribution in [0.3, 0.4) is 0 Å². The summed E-state index contributed by atoms with van der Waals surface area (Å²) >= 11 is 1.53. The van der Waals surface area contributed by atoms with E-state index in [1.54, 1.807) is 0 Å². The summed E-state index contributed by atoms with van der Waals surface area (Å²) < 4.78 is 1.11. The highest BCUT2D eigenvalue weighted by molar-refractivity contribution is 7.22. The van der Waals surface area contributed by atoms with Gasteiger partial charge in [-0.1, -0.05) is 53.8 Å². The van der Waals surface area contributed by atoms with E-state index in [0.29, 0.717) is 11.7 Å². The molecule has 2 aromatic carbocycles. The monoisotopic (exact) mass is 380 g/mol. The normalized spacial score (nSPS) is 15.9. The van der Waals surface area contributed by atoms with Crippen molar-refractivity contribution in [1.29, 1.82) is 0 Å². The van der Waals surface area contributed by atoms with E-state index in [1.807, 2.05) is 31.2 Å². The maximum atomic E-state index is 12.4. The summed E-state index contributed by atoms with van der Waals surface area (Å²) in [6.07, 6.45) is 0. The summed E-state index contributed by atoms with van der Waals surface area (Å²) in [7, 11) is 0. The minimum absolute atomic E-state index is 0.0169. The summed E-state index contributed by atoms with van der Waals surface area (Å²) in [5.74, 6) is 0.0169. The van der Waals surface area contributed by atoms with Crippen LogP contribution in [0, 0.1) is 6.92 Å². The second-order valence-electron chi connectivity index (χ2n) is 7.03. The molecule has 1 saturated heterocycles. The van der Waals surface area contributed by atoms with E-state index < -0.39 is 0 Å². The van der Waals surface area contributed by atoms with Crippen LogP contribution in [-0.4, -0.2) is 53.4 Å². The molecule has 1 aliphatic rings. The van der Waals surface area contributed by atoms with Crippen molar-refractivity contribution in [2.45, 2.75) is 13.5 Å². The smallest absolute Gasteiger partial charge is 0.240 e. The van der Waals surface area contributed by atoms with Crippen LogP contribution in [-0.2, 0) is 11.3 Å². The first-order valence-electron chi connectivity index (χ1n) is 9.32. The molecule has 4 rings (SSSR count). The predicted molar refractivity (Wildman–Crippen MR) is 111 cm³/mol. The number of nitrogens with zero attached hydrogens (tertiary/aromatic N) is 3. The Labute approximate surface area is 163 Å². The third-order valence-electron chi connectivity index (χ3n) is 4.95. The first-order valence-corrected chi connectivity index (χ1v) is 10.1. The molecule has 27 heavy (non-hydrogen) atoms. The number of hydrogen-bond acceptors (Lipinski definition) is 5. The Morgan fingerprint density at radius 3 is 2.52 bits per heavy atom. The number of carbonyl (C=O) groups is 1. The number of thiazole rings is 1. The van der Waals surface area contributed by atoms with Crippen molar-refractivity contribution in [3.63, 3.8) is 0 Å². The average Bonchev–Trinajstić information content (AvgIpc) is 3.08. The fraction of sp³-hybridized carbons (Fsp3) is 0.333. The van der Waals surface area contributed by atoms with E-state index in [9.17, 15) is 4.79 Å². The van der Waals surface area contributed by atoms with Crippen LogP contribution in [0.5, 0.6) is 0 Å². The van der Waals surface area contributed by atoms with Crippen molar-refractivity contribution >= 4 is 32.6 Å². The minimum atomic E-state index is 0.0169. The molecule has 2 heterocycles. The third-order valence-corrected chi connectivity index (χ3v) is 5.88. The van der Waals surface area contributed by atoms with E-state index in [0.717, 1.165) is 48.5 Å². The highest BCUT2D eigenvalue weighted by Crippen LogP contribution is 2.27. The number of amides is 1. The van der Waals surface area contributed by atoms with E-state index in [4.69, 9.17) is 0 Å². The van der Waals surface area contributed by atoms with Crippen LogP contribution >= 0.6 is 11.3 Å². The molecule has 1 fully saturated rings. The summed E-state index contributed by atoms with van der Waals surface area (Å²) in [6.45, 7) is 7.26. The Bertz CT molecular complexity index is 916. The molecule has 0 aliphatic carbocycles. The number of aromatic nitrogens is 1. The van der Waals surface area contributed by atoms with Crippen molar-refractivity contribution in [3.8, 4) is 0 Å². The fourth-order valence-corrected chi connectivity index (χ4v) is 4.41. The zero-order chi connectivity index (χ0) is 18.6. The van der Waals surface area contributed by atoms with Gasteiger partial charge in [-0.2, -0.15) is 0 Å². The number of fused-ring (bicyclic) bond motifs is 1. The molecule has 1 aliphatic heterocycles. The van der Waals surface area contributed by atoms with Gasteiger partial charge in [0.15, 0.2) is 5.13 Å². The number of para-hydroxylation sites is 1. The predicted octanol–water partition coefficient (Wildman–Crippen LogP) is 3.36. The van der Waals surface area contributed by atoms with Crippen molar-refractivity contribution in [1.82, 2.24) is 14.8 Å². The van der Waals surface area contributed by atoms with Gasteiger partial charge in [0, 0.05) is 32.7 Å². The van der Waals surface area contributed by atoms with Crippen LogP contribution in [0.1, 0.15) is 11.1 Å². The van der Waals surface area contributed by atoms with Crippen molar-refractivity contribution in [2.24, 2.45) is 0 Å². The summed E-state index contributed by atoms with van der Waals surface area (Å²) in [5, 5.41) is 3.66. The number of rotatable bonds is 5. The lowest BCUT2D eigenvalue weighted by Crippen LogP contribution is -2.48. The molecule has 0 saturated carbocycles. The van der Waals surface area contributed by atoms with Gasteiger partial charge in [-0.15, -0.1) is 0 Å². The van der Waals surface area contributed by atoms with Crippen LogP contribution in [0.25, 0.3) is 10.2 Å². The van der Waals surface area contributed by atoms with Gasteiger partial charge in [-0.25, -0.2) is 4.98 Å². The topological polar surface area (TPSA) is 48.5 Å². The van der Waals surface area contributed by atoms with Crippen LogP contribution in [0.15, 0.2) is 48.5 Å². The molecule has 0 radical (unpaired) electrons. The maximum Gasteiger partial charge on any atom is 0.240 e. The van der Waals surface area contributed by atoms with Gasteiger partial charge in [0.05, 0.1) is 16.8 Å². The molecule has 3 aromatic rings. The molecule has 1 N–H and O–H groups in total. The maximum absolute atomic E-state index is 12.4. The number of piperazine rings is 1. The second kappa shape index (κ2) is 8.17. The molecule has 6 heteroatoms. The Morgan fingerprint density at radius 2 is 1.78 bits per heavy atom. The molecule has 1 aromatic heterocycles. The Kier molecular flexibility index (Phi) is 5.48. The Morgan fingerprint density at radius 1 is 1.04 bits per heavy atom. The standard InChI is InChI=1S/C21H24N4OS/c1-16-6-5-9-18-20(16)23-21(27-18)22-19(26)15-25-12-10-24(11-13-25)14-17-7-3-2-4-8-17/h2-9H,10-15H2,1H3,(H,22,23,26). The highest BCUT2D eigenvalue weighted by Gasteiger charge is 2.19. The number of nitrogens with one attached hydrogen (secondary N) is 1. The largest absolute Gasteiger partial charge is 0.301 e. The minimum Gasteiger partial charge on any atom is -0.301 e. The Balaban J connectivity index is 1.27. The van der Waals surface area contributed by atoms with E-state index in [-0.39, 0.29) is 5.91 Å².